The number of hydrogen-bond acceptors (Lipinski definition) is 1. The number of carbonyl (C=O) groups excluding carboxylic acids is 1. The highest BCUT2D eigenvalue weighted by Crippen LogP contribution is 2.37. The van der Waals surface area contributed by atoms with E-state index in [1.807, 2.05) is 34.9 Å². The van der Waals surface area contributed by atoms with E-state index in [4.69, 9.17) is 28.9 Å². The molecule has 7 heteroatoms. The lowest BCUT2D eigenvalue weighted by atomic mass is 10.0. The van der Waals surface area contributed by atoms with Gasteiger partial charge >= 0.3 is 0 Å². The van der Waals surface area contributed by atoms with Crippen LogP contribution in [0.3, 0.4) is 0 Å². The number of hydrogen-bond donors (Lipinski definition) is 1. The van der Waals surface area contributed by atoms with Gasteiger partial charge in [-0.1, -0.05) is 47.5 Å². The Hall–Kier alpha value is -3.41. The molecule has 2 N–H and O–H groups in total. The lowest BCUT2D eigenvalue weighted by Gasteiger charge is -2.11. The van der Waals surface area contributed by atoms with E-state index >= 15 is 0 Å². The van der Waals surface area contributed by atoms with E-state index in [0.717, 1.165) is 34.2 Å². The van der Waals surface area contributed by atoms with Crippen LogP contribution in [0.15, 0.2) is 72.8 Å². The number of rotatable bonds is 4. The molecule has 1 heterocycles. The van der Waals surface area contributed by atoms with Crippen LogP contribution in [-0.4, -0.2) is 10.5 Å². The minimum absolute atomic E-state index is 0.0591. The lowest BCUT2D eigenvalue weighted by Crippen LogP contribution is -2.11. The van der Waals surface area contributed by atoms with E-state index in [9.17, 15) is 13.6 Å². The molecule has 0 aliphatic rings. The molecule has 0 fully saturated rings. The zero-order valence-corrected chi connectivity index (χ0v) is 18.6. The van der Waals surface area contributed by atoms with Gasteiger partial charge in [-0.15, -0.1) is 0 Å². The van der Waals surface area contributed by atoms with Crippen LogP contribution in [-0.2, 0) is 6.54 Å². The normalized spacial score (nSPS) is 11.4. The molecular weight excluding hydrogens is 465 g/mol. The molecule has 5 aromatic rings. The Morgan fingerprint density at radius 1 is 0.909 bits per heavy atom. The van der Waals surface area contributed by atoms with Gasteiger partial charge in [0.15, 0.2) is 0 Å². The van der Waals surface area contributed by atoms with E-state index in [1.165, 1.54) is 6.07 Å². The van der Waals surface area contributed by atoms with Gasteiger partial charge in [-0.05, 0) is 54.1 Å². The highest BCUT2D eigenvalue weighted by Gasteiger charge is 2.19. The molecule has 164 valence electrons. The number of amides is 1. The van der Waals surface area contributed by atoms with Gasteiger partial charge in [-0.3, -0.25) is 4.79 Å². The smallest absolute Gasteiger partial charge is 0.249 e. The summed E-state index contributed by atoms with van der Waals surface area (Å²) in [7, 11) is 0. The van der Waals surface area contributed by atoms with Crippen LogP contribution in [0.2, 0.25) is 10.0 Å². The Bertz CT molecular complexity index is 1580. The minimum atomic E-state index is -0.568. The van der Waals surface area contributed by atoms with Crippen LogP contribution in [0.4, 0.5) is 8.78 Å². The summed E-state index contributed by atoms with van der Waals surface area (Å²) in [5, 5.41) is 2.43. The quantitative estimate of drug-likeness (QED) is 0.290. The second-order valence-corrected chi connectivity index (χ2v) is 8.59. The van der Waals surface area contributed by atoms with Gasteiger partial charge in [0.05, 0.1) is 17.6 Å². The van der Waals surface area contributed by atoms with E-state index < -0.39 is 17.5 Å². The van der Waals surface area contributed by atoms with Gasteiger partial charge in [0, 0.05) is 37.5 Å². The van der Waals surface area contributed by atoms with Gasteiger partial charge in [0.1, 0.15) is 11.6 Å². The second-order valence-electron chi connectivity index (χ2n) is 7.74. The summed E-state index contributed by atoms with van der Waals surface area (Å²) in [6.07, 6.45) is 0. The molecule has 0 spiro atoms. The van der Waals surface area contributed by atoms with Crippen molar-refractivity contribution in [1.82, 2.24) is 4.57 Å². The van der Waals surface area contributed by atoms with Crippen LogP contribution in [0, 0.1) is 11.6 Å². The molecular formula is C26H16Cl2F2N2O. The van der Waals surface area contributed by atoms with E-state index in [-0.39, 0.29) is 12.1 Å². The van der Waals surface area contributed by atoms with E-state index in [1.54, 1.807) is 24.3 Å². The number of nitrogens with two attached hydrogens (primary N) is 1. The monoisotopic (exact) mass is 480 g/mol. The SMILES string of the molecule is NC(=O)c1cccc2c1c1ccc(-c3ccc(Cl)cc3Cl)cc1n2Cc1cc(F)ccc1F. The van der Waals surface area contributed by atoms with Crippen molar-refractivity contribution in [3.05, 3.63) is 106 Å². The lowest BCUT2D eigenvalue weighted by molar-refractivity contribution is 0.100. The zero-order valence-electron chi connectivity index (χ0n) is 17.1. The third-order valence-electron chi connectivity index (χ3n) is 5.73. The molecule has 0 atom stereocenters. The van der Waals surface area contributed by atoms with Crippen molar-refractivity contribution >= 4 is 50.9 Å². The summed E-state index contributed by atoms with van der Waals surface area (Å²) in [6, 6.07) is 19.5. The molecule has 1 amide bonds. The maximum atomic E-state index is 14.5. The Morgan fingerprint density at radius 3 is 2.48 bits per heavy atom. The molecule has 1 aromatic heterocycles. The Kier molecular flexibility index (Phi) is 5.31. The van der Waals surface area contributed by atoms with Gasteiger partial charge in [-0.25, -0.2) is 8.78 Å². The zero-order chi connectivity index (χ0) is 23.3. The minimum Gasteiger partial charge on any atom is -0.366 e. The Balaban J connectivity index is 1.82. The molecule has 5 rings (SSSR count). The molecule has 0 unspecified atom stereocenters. The summed E-state index contributed by atoms with van der Waals surface area (Å²) >= 11 is 12.5. The number of aromatic nitrogens is 1. The van der Waals surface area contributed by atoms with Crippen LogP contribution < -0.4 is 5.73 Å². The van der Waals surface area contributed by atoms with Crippen LogP contribution in [0.5, 0.6) is 0 Å². The van der Waals surface area contributed by atoms with Crippen LogP contribution in [0.1, 0.15) is 15.9 Å². The highest BCUT2D eigenvalue weighted by atomic mass is 35.5. The molecule has 0 bridgehead atoms. The Labute approximate surface area is 197 Å². The predicted molar refractivity (Wildman–Crippen MR) is 129 cm³/mol. The number of halogens is 4. The van der Waals surface area contributed by atoms with Crippen LogP contribution >= 0.6 is 23.2 Å². The molecule has 0 aliphatic carbocycles. The van der Waals surface area contributed by atoms with E-state index in [0.29, 0.717) is 26.5 Å². The maximum absolute atomic E-state index is 14.5. The van der Waals surface area contributed by atoms with Gasteiger partial charge < -0.3 is 10.3 Å². The third-order valence-corrected chi connectivity index (χ3v) is 6.28. The number of nitrogens with zero attached hydrogens (tertiary/aromatic N) is 1. The maximum Gasteiger partial charge on any atom is 0.249 e. The fourth-order valence-electron chi connectivity index (χ4n) is 4.25. The number of primary amides is 1. The van der Waals surface area contributed by atoms with Crippen LogP contribution in [0.25, 0.3) is 32.9 Å². The number of carbonyl (C=O) groups is 1. The molecule has 3 nitrogen and oxygen atoms in total. The molecule has 0 aliphatic heterocycles. The second kappa shape index (κ2) is 8.18. The Morgan fingerprint density at radius 2 is 1.73 bits per heavy atom. The van der Waals surface area contributed by atoms with E-state index in [2.05, 4.69) is 0 Å². The largest absolute Gasteiger partial charge is 0.366 e. The predicted octanol–water partition coefficient (Wildman–Crippen LogP) is 7.19. The fraction of sp³-hybridized carbons (Fsp3) is 0.0385. The van der Waals surface area contributed by atoms with Crippen molar-refractivity contribution in [2.45, 2.75) is 6.54 Å². The average molecular weight is 481 g/mol. The van der Waals surface area contributed by atoms with Crippen molar-refractivity contribution in [2.24, 2.45) is 5.73 Å². The van der Waals surface area contributed by atoms with Crippen molar-refractivity contribution in [3.8, 4) is 11.1 Å². The first-order valence-electron chi connectivity index (χ1n) is 10.1. The first kappa shape index (κ1) is 21.4. The third kappa shape index (κ3) is 3.73. The average Bonchev–Trinajstić information content (AvgIpc) is 3.09. The van der Waals surface area contributed by atoms with Crippen molar-refractivity contribution in [3.63, 3.8) is 0 Å². The van der Waals surface area contributed by atoms with Gasteiger partial charge in [0.25, 0.3) is 0 Å². The molecule has 33 heavy (non-hydrogen) atoms. The topological polar surface area (TPSA) is 48.0 Å². The summed E-state index contributed by atoms with van der Waals surface area (Å²) in [4.78, 5) is 12.2. The summed E-state index contributed by atoms with van der Waals surface area (Å²) in [6.45, 7) is 0.0591. The van der Waals surface area contributed by atoms with Crippen molar-refractivity contribution < 1.29 is 13.6 Å². The molecule has 0 radical (unpaired) electrons. The van der Waals surface area contributed by atoms with Crippen molar-refractivity contribution in [1.29, 1.82) is 0 Å². The number of benzene rings is 4. The highest BCUT2D eigenvalue weighted by molar-refractivity contribution is 6.36. The van der Waals surface area contributed by atoms with Crippen molar-refractivity contribution in [2.75, 3.05) is 0 Å². The summed E-state index contributed by atoms with van der Waals surface area (Å²) < 4.78 is 30.2. The first-order chi connectivity index (χ1) is 15.8. The van der Waals surface area contributed by atoms with Gasteiger partial charge in [-0.2, -0.15) is 0 Å². The molecule has 4 aromatic carbocycles. The molecule has 0 saturated carbocycles. The number of fused-ring (bicyclic) bond motifs is 3. The first-order valence-corrected chi connectivity index (χ1v) is 10.8. The fourth-order valence-corrected chi connectivity index (χ4v) is 4.76. The summed E-state index contributed by atoms with van der Waals surface area (Å²) in [5.41, 5.74) is 9.18. The molecule has 0 saturated heterocycles. The van der Waals surface area contributed by atoms with Gasteiger partial charge in [0.2, 0.25) is 5.91 Å². The summed E-state index contributed by atoms with van der Waals surface area (Å²) in [5.74, 6) is -1.62. The standard InChI is InChI=1S/C26H16Cl2F2N2O/c27-16-5-8-18(21(28)12-16)14-4-7-19-24(11-14)32(13-15-10-17(29)6-9-22(15)30)23-3-1-2-20(25(19)23)26(31)33/h1-12H,13H2,(H2,31,33).